The maximum atomic E-state index is 13.3. The smallest absolute Gasteiger partial charge is 0.332 e. The summed E-state index contributed by atoms with van der Waals surface area (Å²) < 4.78 is 5.18. The van der Waals surface area contributed by atoms with E-state index in [9.17, 15) is 14.7 Å². The maximum absolute atomic E-state index is 13.3. The van der Waals surface area contributed by atoms with E-state index < -0.39 is 23.3 Å². The zero-order valence-electron chi connectivity index (χ0n) is 25.4. The Hall–Kier alpha value is -4.98. The Balaban J connectivity index is 1.81. The number of hydrogen-bond acceptors (Lipinski definition) is 5. The van der Waals surface area contributed by atoms with Gasteiger partial charge in [0.15, 0.2) is 0 Å². The molecule has 0 aromatic carbocycles. The number of carbonyl (C=O) groups is 2. The fraction of sp³-hybridized carbons (Fsp3) is 0.257. The number of fused-ring (bicyclic) bond motifs is 11. The molecule has 8 heteroatoms. The van der Waals surface area contributed by atoms with Gasteiger partial charge in [0.1, 0.15) is 5.92 Å². The molecule has 2 atom stereocenters. The first-order chi connectivity index (χ1) is 20.4. The third kappa shape index (κ3) is 4.04. The third-order valence-corrected chi connectivity index (χ3v) is 9.52. The molecule has 0 amide bonds. The van der Waals surface area contributed by atoms with Crippen molar-refractivity contribution >= 4 is 56.8 Å². The van der Waals surface area contributed by atoms with Gasteiger partial charge < -0.3 is 19.8 Å². The highest BCUT2D eigenvalue weighted by Crippen LogP contribution is 2.52. The van der Waals surface area contributed by atoms with Gasteiger partial charge in [-0.3, -0.25) is 9.78 Å². The highest BCUT2D eigenvalue weighted by Gasteiger charge is 2.53. The number of nitrogens with zero attached hydrogens (tertiary/aromatic N) is 2. The SMILES string of the molecule is C=Cc1c(C)c2cc3nc(cc4[nH]c(cc5nc(cc1[nH]2)C(C)=C5C)c(C)c4C)C1(C)C3=CC=C(C(=O)O)C1C(=O)OC. The topological polar surface area (TPSA) is 121 Å². The molecule has 1 aliphatic carbocycles. The predicted octanol–water partition coefficient (Wildman–Crippen LogP) is 6.99. The summed E-state index contributed by atoms with van der Waals surface area (Å²) in [5.74, 6) is -2.90. The van der Waals surface area contributed by atoms with E-state index in [1.54, 1.807) is 6.08 Å². The van der Waals surface area contributed by atoms with Gasteiger partial charge in [-0.2, -0.15) is 0 Å². The van der Waals surface area contributed by atoms with Gasteiger partial charge in [0.05, 0.1) is 40.9 Å². The number of methoxy groups -OCH3 is 1. The Bertz CT molecular complexity index is 2050. The van der Waals surface area contributed by atoms with Gasteiger partial charge in [-0.25, -0.2) is 9.78 Å². The zero-order chi connectivity index (χ0) is 31.0. The molecule has 0 spiro atoms. The lowest BCUT2D eigenvalue weighted by Gasteiger charge is -2.36. The van der Waals surface area contributed by atoms with Crippen molar-refractivity contribution in [1.82, 2.24) is 19.9 Å². The Morgan fingerprint density at radius 3 is 2.02 bits per heavy atom. The Labute approximate surface area is 249 Å². The molecule has 218 valence electrons. The summed E-state index contributed by atoms with van der Waals surface area (Å²) in [6.45, 7) is 16.2. The fourth-order valence-corrected chi connectivity index (χ4v) is 6.53. The van der Waals surface area contributed by atoms with Gasteiger partial charge in [0, 0.05) is 27.6 Å². The molecule has 8 bridgehead atoms. The summed E-state index contributed by atoms with van der Waals surface area (Å²) >= 11 is 0. The van der Waals surface area contributed by atoms with Gasteiger partial charge in [0.2, 0.25) is 0 Å². The highest BCUT2D eigenvalue weighted by atomic mass is 16.5. The first kappa shape index (κ1) is 28.2. The summed E-state index contributed by atoms with van der Waals surface area (Å²) in [5.41, 5.74) is 12.2. The van der Waals surface area contributed by atoms with Gasteiger partial charge in [-0.05, 0) is 99.2 Å². The molecule has 0 saturated carbocycles. The minimum atomic E-state index is -1.17. The summed E-state index contributed by atoms with van der Waals surface area (Å²) in [7, 11) is 1.28. The number of allylic oxidation sites excluding steroid dienone is 5. The molecule has 8 nitrogen and oxygen atoms in total. The lowest BCUT2D eigenvalue weighted by Crippen LogP contribution is -2.42. The third-order valence-electron chi connectivity index (χ3n) is 9.52. The van der Waals surface area contributed by atoms with Gasteiger partial charge in [0.25, 0.3) is 0 Å². The normalized spacial score (nSPS) is 19.5. The molecule has 0 fully saturated rings. The Kier molecular flexibility index (Phi) is 6.41. The van der Waals surface area contributed by atoms with Gasteiger partial charge >= 0.3 is 11.9 Å². The number of H-pyrrole nitrogens is 2. The van der Waals surface area contributed by atoms with E-state index in [0.29, 0.717) is 11.4 Å². The van der Waals surface area contributed by atoms with E-state index in [1.807, 2.05) is 45.0 Å². The summed E-state index contributed by atoms with van der Waals surface area (Å²) in [4.78, 5) is 42.9. The van der Waals surface area contributed by atoms with Crippen LogP contribution in [-0.4, -0.2) is 44.1 Å². The van der Waals surface area contributed by atoms with Crippen LogP contribution in [0.2, 0.25) is 0 Å². The molecule has 43 heavy (non-hydrogen) atoms. The number of ether oxygens (including phenoxy) is 1. The van der Waals surface area contributed by atoms with Crippen molar-refractivity contribution in [2.45, 2.75) is 47.0 Å². The van der Waals surface area contributed by atoms with E-state index in [-0.39, 0.29) is 5.57 Å². The second-order valence-electron chi connectivity index (χ2n) is 11.7. The average Bonchev–Trinajstić information content (AvgIpc) is 3.61. The van der Waals surface area contributed by atoms with Crippen LogP contribution >= 0.6 is 0 Å². The van der Waals surface area contributed by atoms with Crippen LogP contribution in [0.1, 0.15) is 65.8 Å². The van der Waals surface area contributed by atoms with E-state index in [2.05, 4.69) is 43.4 Å². The van der Waals surface area contributed by atoms with Crippen LogP contribution < -0.4 is 0 Å². The second kappa shape index (κ2) is 9.80. The van der Waals surface area contributed by atoms with E-state index in [4.69, 9.17) is 14.7 Å². The minimum absolute atomic E-state index is 0.0367. The molecule has 6 rings (SSSR count). The number of aromatic amines is 2. The molecule has 0 radical (unpaired) electrons. The number of carboxylic acid groups (broad SMARTS) is 1. The Morgan fingerprint density at radius 2 is 1.42 bits per heavy atom. The number of esters is 1. The predicted molar refractivity (Wildman–Crippen MR) is 170 cm³/mol. The molecule has 3 N–H and O–H groups in total. The lowest BCUT2D eigenvalue weighted by atomic mass is 9.64. The van der Waals surface area contributed by atoms with E-state index >= 15 is 0 Å². The van der Waals surface area contributed by atoms with Gasteiger partial charge in [-0.15, -0.1) is 0 Å². The first-order valence-electron chi connectivity index (χ1n) is 14.2. The molecule has 0 saturated heterocycles. The number of rotatable bonds is 3. The van der Waals surface area contributed by atoms with Crippen LogP contribution in [0.3, 0.4) is 0 Å². The van der Waals surface area contributed by atoms with Crippen molar-refractivity contribution in [1.29, 1.82) is 0 Å². The number of aryl methyl sites for hydroxylation is 3. The molecule has 3 aliphatic rings. The van der Waals surface area contributed by atoms with Crippen molar-refractivity contribution in [2.75, 3.05) is 7.11 Å². The summed E-state index contributed by atoms with van der Waals surface area (Å²) in [6.07, 6.45) is 5.08. The quantitative estimate of drug-likeness (QED) is 0.290. The molecular weight excluding hydrogens is 540 g/mol. The molecular formula is C35H34N4O4. The Morgan fingerprint density at radius 1 is 0.860 bits per heavy atom. The van der Waals surface area contributed by atoms with Crippen molar-refractivity contribution < 1.29 is 19.4 Å². The van der Waals surface area contributed by atoms with E-state index in [1.165, 1.54) is 13.2 Å². The molecule has 2 unspecified atom stereocenters. The maximum Gasteiger partial charge on any atom is 0.332 e. The van der Waals surface area contributed by atoms with Crippen molar-refractivity contribution in [3.63, 3.8) is 0 Å². The second-order valence-corrected chi connectivity index (χ2v) is 11.7. The van der Waals surface area contributed by atoms with Gasteiger partial charge in [-0.1, -0.05) is 24.8 Å². The van der Waals surface area contributed by atoms with Crippen LogP contribution in [0.15, 0.2) is 48.6 Å². The fourth-order valence-electron chi connectivity index (χ4n) is 6.53. The number of hydrogen-bond donors (Lipinski definition) is 3. The van der Waals surface area contributed by atoms with Crippen LogP contribution in [0.5, 0.6) is 0 Å². The number of carboxylic acids is 1. The number of carbonyl (C=O) groups excluding carboxylic acids is 1. The van der Waals surface area contributed by atoms with Crippen molar-refractivity contribution in [2.24, 2.45) is 5.92 Å². The molecule has 3 aromatic heterocycles. The standard InChI is InChI=1S/C35H34N4O4/c1-9-21-20(6)27-14-30-23-11-10-22(33(40)41)32(34(42)43-8)35(23,7)31(39-30)15-28-19(5)18(4)25(37-28)12-24-16(2)17(3)26(36-24)13-29(21)38-27/h9-15,32,37-38H,1H2,2-8H3,(H,40,41). The van der Waals surface area contributed by atoms with Crippen molar-refractivity contribution in [3.8, 4) is 0 Å². The molecule has 3 aromatic rings. The van der Waals surface area contributed by atoms with Crippen LogP contribution in [-0.2, 0) is 19.7 Å². The number of aliphatic carboxylic acids is 1. The summed E-state index contributed by atoms with van der Waals surface area (Å²) in [5, 5.41) is 10.1. The highest BCUT2D eigenvalue weighted by molar-refractivity contribution is 6.01. The largest absolute Gasteiger partial charge is 0.478 e. The average molecular weight is 575 g/mol. The van der Waals surface area contributed by atoms with Crippen LogP contribution in [0, 0.1) is 26.7 Å². The molecule has 2 aliphatic heterocycles. The van der Waals surface area contributed by atoms with Crippen molar-refractivity contribution in [3.05, 3.63) is 93.6 Å². The monoisotopic (exact) mass is 574 g/mol. The first-order valence-corrected chi connectivity index (χ1v) is 14.2. The van der Waals surface area contributed by atoms with Crippen LogP contribution in [0.25, 0.3) is 44.9 Å². The van der Waals surface area contributed by atoms with Crippen LogP contribution in [0.4, 0.5) is 0 Å². The van der Waals surface area contributed by atoms with E-state index in [0.717, 1.165) is 72.4 Å². The minimum Gasteiger partial charge on any atom is -0.478 e. The lowest BCUT2D eigenvalue weighted by molar-refractivity contribution is -0.148. The summed E-state index contributed by atoms with van der Waals surface area (Å²) in [6, 6.07) is 7.99. The zero-order valence-corrected chi connectivity index (χ0v) is 25.4. The number of nitrogens with one attached hydrogen (secondary N) is 2. The number of aromatic nitrogens is 4. The molecule has 5 heterocycles.